The fraction of sp³-hybridized carbons (Fsp3) is 0.250. The third kappa shape index (κ3) is 4.44. The fourth-order valence-corrected chi connectivity index (χ4v) is 2.63. The Balaban J connectivity index is 1.59. The third-order valence-corrected chi connectivity index (χ3v) is 4.08. The SMILES string of the molecule is COc1ccc(NC(=O)CCc2nnc(-c3ccccc3C)o2)cc1OC. The Bertz CT molecular complexity index is 936. The first-order chi connectivity index (χ1) is 13.1. The van der Waals surface area contributed by atoms with Crippen molar-refractivity contribution in [3.63, 3.8) is 0 Å². The molecule has 0 fully saturated rings. The van der Waals surface area contributed by atoms with Crippen molar-refractivity contribution in [2.24, 2.45) is 0 Å². The van der Waals surface area contributed by atoms with E-state index in [0.717, 1.165) is 11.1 Å². The number of methoxy groups -OCH3 is 2. The molecule has 2 aromatic carbocycles. The largest absolute Gasteiger partial charge is 0.493 e. The van der Waals surface area contributed by atoms with Gasteiger partial charge in [0.2, 0.25) is 17.7 Å². The van der Waals surface area contributed by atoms with Gasteiger partial charge in [-0.2, -0.15) is 0 Å². The van der Waals surface area contributed by atoms with Crippen LogP contribution in [0.4, 0.5) is 5.69 Å². The minimum atomic E-state index is -0.155. The van der Waals surface area contributed by atoms with Gasteiger partial charge in [-0.1, -0.05) is 18.2 Å². The first-order valence-corrected chi connectivity index (χ1v) is 8.51. The van der Waals surface area contributed by atoms with E-state index in [1.807, 2.05) is 31.2 Å². The Hall–Kier alpha value is -3.35. The van der Waals surface area contributed by atoms with Crippen LogP contribution in [0.25, 0.3) is 11.5 Å². The summed E-state index contributed by atoms with van der Waals surface area (Å²) < 4.78 is 16.1. The van der Waals surface area contributed by atoms with Gasteiger partial charge in [-0.15, -0.1) is 10.2 Å². The molecule has 0 radical (unpaired) electrons. The Morgan fingerprint density at radius 1 is 1.07 bits per heavy atom. The van der Waals surface area contributed by atoms with Gasteiger partial charge in [0.1, 0.15) is 0 Å². The molecule has 0 spiro atoms. The van der Waals surface area contributed by atoms with E-state index >= 15 is 0 Å². The molecule has 0 unspecified atom stereocenters. The molecule has 0 aliphatic heterocycles. The third-order valence-electron chi connectivity index (χ3n) is 4.08. The number of carbonyl (C=O) groups is 1. The number of hydrogen-bond acceptors (Lipinski definition) is 6. The van der Waals surface area contributed by atoms with E-state index < -0.39 is 0 Å². The zero-order chi connectivity index (χ0) is 19.2. The van der Waals surface area contributed by atoms with Crippen LogP contribution in [0.15, 0.2) is 46.9 Å². The average Bonchev–Trinajstić information content (AvgIpc) is 3.15. The molecule has 1 N–H and O–H groups in total. The van der Waals surface area contributed by atoms with Crippen molar-refractivity contribution < 1.29 is 18.7 Å². The number of rotatable bonds is 7. The monoisotopic (exact) mass is 367 g/mol. The lowest BCUT2D eigenvalue weighted by molar-refractivity contribution is -0.116. The van der Waals surface area contributed by atoms with Crippen LogP contribution in [-0.2, 0) is 11.2 Å². The molecule has 0 saturated carbocycles. The fourth-order valence-electron chi connectivity index (χ4n) is 2.63. The molecule has 0 aliphatic rings. The van der Waals surface area contributed by atoms with Crippen LogP contribution in [0.1, 0.15) is 17.9 Å². The molecular weight excluding hydrogens is 346 g/mol. The van der Waals surface area contributed by atoms with Crippen molar-refractivity contribution in [3.8, 4) is 23.0 Å². The summed E-state index contributed by atoms with van der Waals surface area (Å²) in [6.45, 7) is 1.98. The van der Waals surface area contributed by atoms with E-state index in [1.54, 1.807) is 32.4 Å². The summed E-state index contributed by atoms with van der Waals surface area (Å²) in [5.74, 6) is 1.89. The van der Waals surface area contributed by atoms with E-state index in [4.69, 9.17) is 13.9 Å². The molecule has 27 heavy (non-hydrogen) atoms. The maximum Gasteiger partial charge on any atom is 0.247 e. The average molecular weight is 367 g/mol. The van der Waals surface area contributed by atoms with Gasteiger partial charge in [-0.05, 0) is 30.7 Å². The van der Waals surface area contributed by atoms with Gasteiger partial charge in [0.05, 0.1) is 14.2 Å². The molecule has 7 nitrogen and oxygen atoms in total. The van der Waals surface area contributed by atoms with Crippen LogP contribution in [0.3, 0.4) is 0 Å². The predicted octanol–water partition coefficient (Wildman–Crippen LogP) is 3.63. The Labute approximate surface area is 157 Å². The van der Waals surface area contributed by atoms with E-state index in [-0.39, 0.29) is 12.3 Å². The van der Waals surface area contributed by atoms with Gasteiger partial charge in [-0.25, -0.2) is 0 Å². The van der Waals surface area contributed by atoms with Crippen LogP contribution in [0.5, 0.6) is 11.5 Å². The first kappa shape index (κ1) is 18.4. The molecule has 1 amide bonds. The van der Waals surface area contributed by atoms with Crippen LogP contribution in [0, 0.1) is 6.92 Å². The zero-order valence-electron chi connectivity index (χ0n) is 15.5. The molecule has 0 bridgehead atoms. The van der Waals surface area contributed by atoms with Crippen LogP contribution >= 0.6 is 0 Å². The Kier molecular flexibility index (Phi) is 5.71. The molecular formula is C20H21N3O4. The Morgan fingerprint density at radius 2 is 1.85 bits per heavy atom. The summed E-state index contributed by atoms with van der Waals surface area (Å²) in [5.41, 5.74) is 2.58. The molecule has 140 valence electrons. The molecule has 3 aromatic rings. The summed E-state index contributed by atoms with van der Waals surface area (Å²) in [4.78, 5) is 12.2. The number of carbonyl (C=O) groups excluding carboxylic acids is 1. The van der Waals surface area contributed by atoms with Crippen molar-refractivity contribution in [1.82, 2.24) is 10.2 Å². The van der Waals surface area contributed by atoms with E-state index in [9.17, 15) is 4.79 Å². The summed E-state index contributed by atoms with van der Waals surface area (Å²) in [6, 6.07) is 13.0. The second kappa shape index (κ2) is 8.35. The predicted molar refractivity (Wildman–Crippen MR) is 101 cm³/mol. The van der Waals surface area contributed by atoms with Gasteiger partial charge in [-0.3, -0.25) is 4.79 Å². The quantitative estimate of drug-likeness (QED) is 0.686. The number of anilines is 1. The smallest absolute Gasteiger partial charge is 0.247 e. The van der Waals surface area contributed by atoms with E-state index in [2.05, 4.69) is 15.5 Å². The maximum atomic E-state index is 12.2. The lowest BCUT2D eigenvalue weighted by Gasteiger charge is -2.10. The highest BCUT2D eigenvalue weighted by Crippen LogP contribution is 2.29. The highest BCUT2D eigenvalue weighted by atomic mass is 16.5. The van der Waals surface area contributed by atoms with E-state index in [0.29, 0.717) is 35.4 Å². The number of nitrogens with one attached hydrogen (secondary N) is 1. The van der Waals surface area contributed by atoms with Crippen molar-refractivity contribution in [2.75, 3.05) is 19.5 Å². The van der Waals surface area contributed by atoms with Crippen LogP contribution in [0.2, 0.25) is 0 Å². The summed E-state index contributed by atoms with van der Waals surface area (Å²) in [5, 5.41) is 10.9. The molecule has 0 saturated heterocycles. The number of benzene rings is 2. The second-order valence-corrected chi connectivity index (χ2v) is 5.93. The van der Waals surface area contributed by atoms with Crippen molar-refractivity contribution >= 4 is 11.6 Å². The summed E-state index contributed by atoms with van der Waals surface area (Å²) in [6.07, 6.45) is 0.585. The normalized spacial score (nSPS) is 10.5. The highest BCUT2D eigenvalue weighted by Gasteiger charge is 2.13. The minimum absolute atomic E-state index is 0.155. The molecule has 1 aromatic heterocycles. The van der Waals surface area contributed by atoms with Crippen molar-refractivity contribution in [3.05, 3.63) is 53.9 Å². The minimum Gasteiger partial charge on any atom is -0.493 e. The van der Waals surface area contributed by atoms with Gasteiger partial charge in [0, 0.05) is 30.2 Å². The highest BCUT2D eigenvalue weighted by molar-refractivity contribution is 5.91. The van der Waals surface area contributed by atoms with Crippen LogP contribution < -0.4 is 14.8 Å². The lowest BCUT2D eigenvalue weighted by Crippen LogP contribution is -2.12. The van der Waals surface area contributed by atoms with Crippen molar-refractivity contribution in [1.29, 1.82) is 0 Å². The number of aryl methyl sites for hydroxylation is 2. The van der Waals surface area contributed by atoms with Gasteiger partial charge >= 0.3 is 0 Å². The zero-order valence-corrected chi connectivity index (χ0v) is 15.5. The Morgan fingerprint density at radius 3 is 2.59 bits per heavy atom. The summed E-state index contributed by atoms with van der Waals surface area (Å²) in [7, 11) is 3.11. The van der Waals surface area contributed by atoms with Gasteiger partial charge in [0.25, 0.3) is 0 Å². The molecule has 0 atom stereocenters. The maximum absolute atomic E-state index is 12.2. The molecule has 3 rings (SSSR count). The number of aromatic nitrogens is 2. The molecule has 1 heterocycles. The standard InChI is InChI=1S/C20H21N3O4/c1-13-6-4-5-7-15(13)20-23-22-19(27-20)11-10-18(24)21-14-8-9-16(25-2)17(12-14)26-3/h4-9,12H,10-11H2,1-3H3,(H,21,24). The molecule has 7 heteroatoms. The first-order valence-electron chi connectivity index (χ1n) is 8.51. The van der Waals surface area contributed by atoms with Gasteiger partial charge < -0.3 is 19.2 Å². The number of hydrogen-bond donors (Lipinski definition) is 1. The van der Waals surface area contributed by atoms with Gasteiger partial charge in [0.15, 0.2) is 11.5 Å². The summed E-state index contributed by atoms with van der Waals surface area (Å²) >= 11 is 0. The number of ether oxygens (including phenoxy) is 2. The molecule has 0 aliphatic carbocycles. The second-order valence-electron chi connectivity index (χ2n) is 5.93. The topological polar surface area (TPSA) is 86.5 Å². The van der Waals surface area contributed by atoms with Crippen molar-refractivity contribution in [2.45, 2.75) is 19.8 Å². The van der Waals surface area contributed by atoms with E-state index in [1.165, 1.54) is 0 Å². The lowest BCUT2D eigenvalue weighted by atomic mass is 10.1. The number of nitrogens with zero attached hydrogens (tertiary/aromatic N) is 2. The number of amides is 1. The van der Waals surface area contributed by atoms with Crippen LogP contribution in [-0.4, -0.2) is 30.3 Å².